The zero-order chi connectivity index (χ0) is 28.3. The van der Waals surface area contributed by atoms with Gasteiger partial charge in [-0.3, -0.25) is 4.98 Å². The number of aromatic nitrogens is 1. The molecule has 0 unspecified atom stereocenters. The van der Waals surface area contributed by atoms with Crippen molar-refractivity contribution in [1.82, 2.24) is 4.98 Å². The Hall–Kier alpha value is -5.73. The Labute approximate surface area is 248 Å². The van der Waals surface area contributed by atoms with Crippen LogP contribution in [0.25, 0.3) is 87.8 Å². The van der Waals surface area contributed by atoms with Gasteiger partial charge < -0.3 is 4.42 Å². The van der Waals surface area contributed by atoms with E-state index in [0.29, 0.717) is 0 Å². The van der Waals surface area contributed by atoms with Gasteiger partial charge in [-0.05, 0) is 73.3 Å². The second-order valence-corrected chi connectivity index (χ2v) is 11.1. The van der Waals surface area contributed by atoms with Gasteiger partial charge in [0, 0.05) is 28.1 Å². The van der Waals surface area contributed by atoms with Crippen molar-refractivity contribution in [3.8, 4) is 33.6 Å². The highest BCUT2D eigenvalue weighted by atomic mass is 16.3. The molecule has 0 aliphatic rings. The van der Waals surface area contributed by atoms with Gasteiger partial charge in [0.2, 0.25) is 0 Å². The molecule has 0 spiro atoms. The smallest absolute Gasteiger partial charge is 0.144 e. The maximum absolute atomic E-state index is 6.87. The minimum Gasteiger partial charge on any atom is -0.455 e. The predicted octanol–water partition coefficient (Wildman–Crippen LogP) is 11.4. The zero-order valence-corrected chi connectivity index (χ0v) is 23.3. The largest absolute Gasteiger partial charge is 0.455 e. The number of furan rings is 1. The van der Waals surface area contributed by atoms with Gasteiger partial charge in [-0.2, -0.15) is 0 Å². The molecule has 0 atom stereocenters. The average molecular weight is 548 g/mol. The summed E-state index contributed by atoms with van der Waals surface area (Å²) in [6, 6.07) is 51.8. The highest BCUT2D eigenvalue weighted by molar-refractivity contribution is 6.24. The van der Waals surface area contributed by atoms with E-state index in [4.69, 9.17) is 4.42 Å². The Kier molecular flexibility index (Phi) is 5.23. The van der Waals surface area contributed by atoms with Crippen LogP contribution in [0.1, 0.15) is 0 Å². The number of hydrogen-bond donors (Lipinski definition) is 0. The van der Waals surface area contributed by atoms with Crippen molar-refractivity contribution >= 4 is 54.2 Å². The molecule has 200 valence electrons. The van der Waals surface area contributed by atoms with Crippen LogP contribution in [0, 0.1) is 0 Å². The zero-order valence-electron chi connectivity index (χ0n) is 23.3. The SMILES string of the molecule is c1cnc2ccc(-c3c(-c4c5ccccc5c(-c5cccc6ccccc56)c5ccccc45)oc4ccccc34)cc2c1. The highest BCUT2D eigenvalue weighted by Crippen LogP contribution is 2.49. The number of rotatable bonds is 3. The fourth-order valence-electron chi connectivity index (χ4n) is 6.85. The van der Waals surface area contributed by atoms with Crippen molar-refractivity contribution in [1.29, 1.82) is 0 Å². The summed E-state index contributed by atoms with van der Waals surface area (Å²) in [6.07, 6.45) is 1.84. The third-order valence-corrected chi connectivity index (χ3v) is 8.70. The van der Waals surface area contributed by atoms with Gasteiger partial charge in [-0.15, -0.1) is 0 Å². The lowest BCUT2D eigenvalue weighted by atomic mass is 9.85. The monoisotopic (exact) mass is 547 g/mol. The number of benzene rings is 7. The average Bonchev–Trinajstić information content (AvgIpc) is 3.46. The summed E-state index contributed by atoms with van der Waals surface area (Å²) in [7, 11) is 0. The molecule has 7 aromatic carbocycles. The molecule has 43 heavy (non-hydrogen) atoms. The first kappa shape index (κ1) is 23.9. The van der Waals surface area contributed by atoms with E-state index in [2.05, 4.69) is 138 Å². The lowest BCUT2D eigenvalue weighted by molar-refractivity contribution is 0.634. The van der Waals surface area contributed by atoms with Crippen LogP contribution in [0.2, 0.25) is 0 Å². The minimum absolute atomic E-state index is 0.880. The van der Waals surface area contributed by atoms with Crippen LogP contribution in [-0.4, -0.2) is 4.98 Å². The van der Waals surface area contributed by atoms with Gasteiger partial charge in [0.15, 0.2) is 0 Å². The standard InChI is InChI=1S/C41H25NO/c1-2-14-29-26(11-1)12-9-20-30(29)39-31-15-3-5-17-33(31)40(34-18-6-4-16-32(34)39)41-38(35-19-7-8-21-37(35)43-41)28-22-23-36-27(25-28)13-10-24-42-36/h1-25H. The van der Waals surface area contributed by atoms with E-state index < -0.39 is 0 Å². The summed E-state index contributed by atoms with van der Waals surface area (Å²) in [4.78, 5) is 4.57. The van der Waals surface area contributed by atoms with Crippen molar-refractivity contribution in [3.63, 3.8) is 0 Å². The van der Waals surface area contributed by atoms with Gasteiger partial charge in [0.25, 0.3) is 0 Å². The quantitative estimate of drug-likeness (QED) is 0.206. The molecule has 9 rings (SSSR count). The minimum atomic E-state index is 0.880. The molecule has 0 saturated heterocycles. The summed E-state index contributed by atoms with van der Waals surface area (Å²) < 4.78 is 6.87. The fraction of sp³-hybridized carbons (Fsp3) is 0. The molecule has 0 radical (unpaired) electrons. The molecule has 0 aliphatic carbocycles. The molecule has 0 saturated carbocycles. The molecule has 0 amide bonds. The molecule has 2 heterocycles. The molecule has 2 nitrogen and oxygen atoms in total. The van der Waals surface area contributed by atoms with Gasteiger partial charge >= 0.3 is 0 Å². The molecular weight excluding hydrogens is 522 g/mol. The van der Waals surface area contributed by atoms with Crippen LogP contribution < -0.4 is 0 Å². The topological polar surface area (TPSA) is 26.0 Å². The Morgan fingerprint density at radius 3 is 1.79 bits per heavy atom. The van der Waals surface area contributed by atoms with E-state index in [-0.39, 0.29) is 0 Å². The van der Waals surface area contributed by atoms with E-state index in [0.717, 1.165) is 44.3 Å². The predicted molar refractivity (Wildman–Crippen MR) is 180 cm³/mol. The molecule has 0 fully saturated rings. The number of nitrogens with zero attached hydrogens (tertiary/aromatic N) is 1. The van der Waals surface area contributed by atoms with Crippen LogP contribution in [-0.2, 0) is 0 Å². The first-order valence-electron chi connectivity index (χ1n) is 14.6. The normalized spacial score (nSPS) is 11.7. The summed E-state index contributed by atoms with van der Waals surface area (Å²) >= 11 is 0. The Morgan fingerprint density at radius 1 is 0.419 bits per heavy atom. The van der Waals surface area contributed by atoms with E-state index in [1.54, 1.807) is 0 Å². The molecule has 2 heteroatoms. The van der Waals surface area contributed by atoms with Crippen molar-refractivity contribution in [3.05, 3.63) is 152 Å². The Morgan fingerprint density at radius 2 is 1.02 bits per heavy atom. The molecule has 2 aromatic heterocycles. The van der Waals surface area contributed by atoms with Crippen molar-refractivity contribution in [2.24, 2.45) is 0 Å². The first-order valence-corrected chi connectivity index (χ1v) is 14.6. The van der Waals surface area contributed by atoms with Gasteiger partial charge in [0.1, 0.15) is 11.3 Å². The van der Waals surface area contributed by atoms with Crippen LogP contribution in [0.15, 0.2) is 156 Å². The van der Waals surface area contributed by atoms with Gasteiger partial charge in [0.05, 0.1) is 5.52 Å². The fourth-order valence-corrected chi connectivity index (χ4v) is 6.85. The maximum Gasteiger partial charge on any atom is 0.144 e. The van der Waals surface area contributed by atoms with Crippen LogP contribution >= 0.6 is 0 Å². The number of hydrogen-bond acceptors (Lipinski definition) is 2. The maximum atomic E-state index is 6.87. The van der Waals surface area contributed by atoms with E-state index in [1.165, 1.54) is 43.4 Å². The van der Waals surface area contributed by atoms with Crippen LogP contribution in [0.4, 0.5) is 0 Å². The molecule has 9 aromatic rings. The van der Waals surface area contributed by atoms with Crippen molar-refractivity contribution in [2.45, 2.75) is 0 Å². The van der Waals surface area contributed by atoms with Crippen LogP contribution in [0.5, 0.6) is 0 Å². The van der Waals surface area contributed by atoms with E-state index in [9.17, 15) is 0 Å². The molecular formula is C41H25NO. The number of pyridine rings is 1. The van der Waals surface area contributed by atoms with Gasteiger partial charge in [-0.1, -0.05) is 121 Å². The first-order chi connectivity index (χ1) is 21.3. The number of fused-ring (bicyclic) bond motifs is 5. The Bertz CT molecular complexity index is 2460. The second-order valence-electron chi connectivity index (χ2n) is 11.1. The van der Waals surface area contributed by atoms with Crippen LogP contribution in [0.3, 0.4) is 0 Å². The summed E-state index contributed by atoms with van der Waals surface area (Å²) in [5, 5.41) is 9.47. The summed E-state index contributed by atoms with van der Waals surface area (Å²) in [5.41, 5.74) is 7.69. The third-order valence-electron chi connectivity index (χ3n) is 8.70. The summed E-state index contributed by atoms with van der Waals surface area (Å²) in [6.45, 7) is 0. The number of para-hydroxylation sites is 1. The van der Waals surface area contributed by atoms with Crippen molar-refractivity contribution in [2.75, 3.05) is 0 Å². The Balaban J connectivity index is 1.44. The third kappa shape index (κ3) is 3.63. The lowest BCUT2D eigenvalue weighted by Gasteiger charge is -2.18. The van der Waals surface area contributed by atoms with Crippen molar-refractivity contribution < 1.29 is 4.42 Å². The summed E-state index contributed by atoms with van der Waals surface area (Å²) in [5.74, 6) is 0.890. The molecule has 0 aliphatic heterocycles. The molecule has 0 N–H and O–H groups in total. The van der Waals surface area contributed by atoms with E-state index in [1.807, 2.05) is 18.3 Å². The lowest BCUT2D eigenvalue weighted by Crippen LogP contribution is -1.92. The van der Waals surface area contributed by atoms with E-state index >= 15 is 0 Å². The molecule has 0 bridgehead atoms. The second kappa shape index (κ2) is 9.40. The highest BCUT2D eigenvalue weighted by Gasteiger charge is 2.24. The van der Waals surface area contributed by atoms with Gasteiger partial charge in [-0.25, -0.2) is 0 Å².